The van der Waals surface area contributed by atoms with Gasteiger partial charge < -0.3 is 15.1 Å². The van der Waals surface area contributed by atoms with E-state index in [1.807, 2.05) is 30.3 Å². The topological polar surface area (TPSA) is 100 Å². The number of nitrogens with zero attached hydrogens (tertiary/aromatic N) is 7. The maximum atomic E-state index is 12.4. The highest BCUT2D eigenvalue weighted by molar-refractivity contribution is 5.92. The van der Waals surface area contributed by atoms with Crippen molar-refractivity contribution < 1.29 is 4.79 Å². The summed E-state index contributed by atoms with van der Waals surface area (Å²) in [5.41, 5.74) is 0.371. The van der Waals surface area contributed by atoms with Crippen molar-refractivity contribution in [3.8, 4) is 0 Å². The van der Waals surface area contributed by atoms with Crippen molar-refractivity contribution in [1.82, 2.24) is 30.0 Å². The molecule has 0 radical (unpaired) electrons. The van der Waals surface area contributed by atoms with Gasteiger partial charge in [0, 0.05) is 44.8 Å². The van der Waals surface area contributed by atoms with Crippen LogP contribution in [-0.4, -0.2) is 62.1 Å². The first-order chi connectivity index (χ1) is 13.3. The first-order valence-electron chi connectivity index (χ1n) is 8.61. The Morgan fingerprint density at radius 1 is 0.889 bits per heavy atom. The van der Waals surface area contributed by atoms with E-state index < -0.39 is 0 Å². The van der Waals surface area contributed by atoms with Gasteiger partial charge in [-0.05, 0) is 24.3 Å². The Labute approximate surface area is 156 Å². The monoisotopic (exact) mass is 362 g/mol. The summed E-state index contributed by atoms with van der Waals surface area (Å²) in [6.07, 6.45) is 6.29. The third-order valence-corrected chi connectivity index (χ3v) is 4.24. The Morgan fingerprint density at radius 3 is 2.44 bits per heavy atom. The number of rotatable bonds is 4. The lowest BCUT2D eigenvalue weighted by molar-refractivity contribution is 0.0740. The number of aromatic nitrogens is 5. The van der Waals surface area contributed by atoms with Gasteiger partial charge in [0.2, 0.25) is 0 Å². The molecule has 136 valence electrons. The second-order valence-corrected chi connectivity index (χ2v) is 5.99. The molecule has 1 fully saturated rings. The van der Waals surface area contributed by atoms with Crippen molar-refractivity contribution in [2.75, 3.05) is 36.4 Å². The fourth-order valence-corrected chi connectivity index (χ4v) is 2.84. The van der Waals surface area contributed by atoms with Gasteiger partial charge in [0.05, 0.1) is 6.20 Å². The van der Waals surface area contributed by atoms with E-state index in [-0.39, 0.29) is 5.91 Å². The van der Waals surface area contributed by atoms with Crippen molar-refractivity contribution in [2.45, 2.75) is 0 Å². The van der Waals surface area contributed by atoms with Gasteiger partial charge in [-0.3, -0.25) is 9.78 Å². The number of amides is 1. The molecule has 0 saturated carbocycles. The zero-order valence-corrected chi connectivity index (χ0v) is 14.6. The molecule has 9 heteroatoms. The summed E-state index contributed by atoms with van der Waals surface area (Å²) in [5, 5.41) is 11.6. The minimum atomic E-state index is -0.0938. The molecule has 0 unspecified atom stereocenters. The fourth-order valence-electron chi connectivity index (χ4n) is 2.84. The molecule has 1 amide bonds. The minimum absolute atomic E-state index is 0.0938. The predicted octanol–water partition coefficient (Wildman–Crippen LogP) is 1.37. The Kier molecular flexibility index (Phi) is 4.82. The number of anilines is 3. The number of hydrogen-bond donors (Lipinski definition) is 1. The lowest BCUT2D eigenvalue weighted by Gasteiger charge is -2.34. The van der Waals surface area contributed by atoms with Crippen LogP contribution in [0.1, 0.15) is 10.5 Å². The number of piperazine rings is 1. The molecule has 1 aliphatic heterocycles. The molecule has 1 aliphatic rings. The van der Waals surface area contributed by atoms with Crippen molar-refractivity contribution in [3.63, 3.8) is 0 Å². The predicted molar refractivity (Wildman–Crippen MR) is 99.7 cm³/mol. The van der Waals surface area contributed by atoms with Gasteiger partial charge in [-0.1, -0.05) is 6.07 Å². The van der Waals surface area contributed by atoms with E-state index in [2.05, 4.69) is 35.4 Å². The van der Waals surface area contributed by atoms with Crippen LogP contribution in [0.15, 0.2) is 55.1 Å². The molecule has 3 aromatic heterocycles. The first kappa shape index (κ1) is 16.8. The van der Waals surface area contributed by atoms with E-state index in [0.717, 1.165) is 11.6 Å². The smallest absolute Gasteiger partial charge is 0.274 e. The summed E-state index contributed by atoms with van der Waals surface area (Å²) in [6, 6.07) is 9.41. The first-order valence-corrected chi connectivity index (χ1v) is 8.61. The second kappa shape index (κ2) is 7.73. The summed E-state index contributed by atoms with van der Waals surface area (Å²) >= 11 is 0. The van der Waals surface area contributed by atoms with Gasteiger partial charge in [-0.15, -0.1) is 10.2 Å². The van der Waals surface area contributed by atoms with Gasteiger partial charge in [0.25, 0.3) is 5.91 Å². The molecule has 1 saturated heterocycles. The summed E-state index contributed by atoms with van der Waals surface area (Å²) in [5.74, 6) is 2.04. The fraction of sp³-hybridized carbons (Fsp3) is 0.222. The summed E-state index contributed by atoms with van der Waals surface area (Å²) in [4.78, 5) is 28.5. The van der Waals surface area contributed by atoms with Crippen molar-refractivity contribution >= 4 is 23.4 Å². The van der Waals surface area contributed by atoms with Crippen LogP contribution in [0.2, 0.25) is 0 Å². The van der Waals surface area contributed by atoms with E-state index in [4.69, 9.17) is 0 Å². The lowest BCUT2D eigenvalue weighted by Crippen LogP contribution is -2.49. The van der Waals surface area contributed by atoms with E-state index >= 15 is 0 Å². The van der Waals surface area contributed by atoms with Gasteiger partial charge in [-0.2, -0.15) is 0 Å². The van der Waals surface area contributed by atoms with Crippen LogP contribution in [0.5, 0.6) is 0 Å². The molecule has 4 heterocycles. The summed E-state index contributed by atoms with van der Waals surface area (Å²) in [6.45, 7) is 2.58. The number of hydrogen-bond acceptors (Lipinski definition) is 8. The van der Waals surface area contributed by atoms with Crippen molar-refractivity contribution in [3.05, 3.63) is 60.8 Å². The number of nitrogens with one attached hydrogen (secondary N) is 1. The van der Waals surface area contributed by atoms with Crippen LogP contribution >= 0.6 is 0 Å². The van der Waals surface area contributed by atoms with E-state index in [0.29, 0.717) is 37.7 Å². The highest BCUT2D eigenvalue weighted by atomic mass is 16.2. The zero-order valence-electron chi connectivity index (χ0n) is 14.6. The van der Waals surface area contributed by atoms with Crippen LogP contribution in [-0.2, 0) is 0 Å². The number of pyridine rings is 1. The van der Waals surface area contributed by atoms with Crippen molar-refractivity contribution in [1.29, 1.82) is 0 Å². The summed E-state index contributed by atoms with van der Waals surface area (Å²) < 4.78 is 0. The molecule has 9 nitrogen and oxygen atoms in total. The largest absolute Gasteiger partial charge is 0.352 e. The van der Waals surface area contributed by atoms with Crippen LogP contribution < -0.4 is 10.2 Å². The van der Waals surface area contributed by atoms with Crippen LogP contribution in [0.3, 0.4) is 0 Å². The Hall–Kier alpha value is -3.62. The van der Waals surface area contributed by atoms with Crippen LogP contribution in [0, 0.1) is 0 Å². The zero-order chi connectivity index (χ0) is 18.5. The number of carbonyl (C=O) groups excluding carboxylic acids is 1. The molecule has 27 heavy (non-hydrogen) atoms. The van der Waals surface area contributed by atoms with Gasteiger partial charge in [0.1, 0.15) is 11.5 Å². The molecule has 0 bridgehead atoms. The van der Waals surface area contributed by atoms with Gasteiger partial charge in [-0.25, -0.2) is 9.97 Å². The van der Waals surface area contributed by atoms with Crippen LogP contribution in [0.25, 0.3) is 0 Å². The maximum Gasteiger partial charge on any atom is 0.274 e. The molecular formula is C18H18N8O. The minimum Gasteiger partial charge on any atom is -0.352 e. The quantitative estimate of drug-likeness (QED) is 0.743. The maximum absolute atomic E-state index is 12.4. The highest BCUT2D eigenvalue weighted by Crippen LogP contribution is 2.17. The standard InChI is InChI=1S/C18H18N8O/c27-18(14-13-19-7-8-20-14)26-11-9-25(10-12-26)17-5-4-16(23-24-17)22-15-3-1-2-6-21-15/h1-8,13H,9-12H2,(H,21,22,23). The SMILES string of the molecule is O=C(c1cnccn1)N1CCN(c2ccc(Nc3ccccn3)nn2)CC1. The molecule has 4 rings (SSSR count). The normalized spacial score (nSPS) is 14.1. The third kappa shape index (κ3) is 3.97. The molecule has 0 atom stereocenters. The van der Waals surface area contributed by atoms with E-state index in [9.17, 15) is 4.79 Å². The number of carbonyl (C=O) groups is 1. The van der Waals surface area contributed by atoms with E-state index in [1.54, 1.807) is 17.3 Å². The Balaban J connectivity index is 1.35. The van der Waals surface area contributed by atoms with Crippen molar-refractivity contribution in [2.24, 2.45) is 0 Å². The summed E-state index contributed by atoms with van der Waals surface area (Å²) in [7, 11) is 0. The van der Waals surface area contributed by atoms with Gasteiger partial charge in [0.15, 0.2) is 11.6 Å². The Morgan fingerprint density at radius 2 is 1.78 bits per heavy atom. The molecule has 3 aromatic rings. The second-order valence-electron chi connectivity index (χ2n) is 5.99. The molecule has 1 N–H and O–H groups in total. The highest BCUT2D eigenvalue weighted by Gasteiger charge is 2.23. The van der Waals surface area contributed by atoms with Crippen LogP contribution in [0.4, 0.5) is 17.5 Å². The lowest BCUT2D eigenvalue weighted by atomic mass is 10.2. The third-order valence-electron chi connectivity index (χ3n) is 4.24. The van der Waals surface area contributed by atoms with E-state index in [1.165, 1.54) is 12.4 Å². The van der Waals surface area contributed by atoms with Gasteiger partial charge >= 0.3 is 0 Å². The molecular weight excluding hydrogens is 344 g/mol. The Bertz CT molecular complexity index is 880. The average Bonchev–Trinajstić information content (AvgIpc) is 2.75. The molecule has 0 aromatic carbocycles. The molecule has 0 spiro atoms. The molecule has 0 aliphatic carbocycles. The average molecular weight is 362 g/mol.